The van der Waals surface area contributed by atoms with E-state index in [2.05, 4.69) is 4.72 Å². The number of phenols is 2. The third-order valence-electron chi connectivity index (χ3n) is 6.15. The zero-order valence-corrected chi connectivity index (χ0v) is 22.5. The molecular formula is C29H23NO7S2. The van der Waals surface area contributed by atoms with E-state index < -0.39 is 16.0 Å². The van der Waals surface area contributed by atoms with Crippen molar-refractivity contribution >= 4 is 43.8 Å². The van der Waals surface area contributed by atoms with Crippen LogP contribution in [0.5, 0.6) is 17.2 Å². The molecule has 10 heteroatoms. The van der Waals surface area contributed by atoms with Gasteiger partial charge < -0.3 is 19.7 Å². The van der Waals surface area contributed by atoms with Gasteiger partial charge in [-0.05, 0) is 63.9 Å². The molecule has 0 aliphatic carbocycles. The second kappa shape index (κ2) is 10.3. The zero-order chi connectivity index (χ0) is 27.7. The first-order valence-electron chi connectivity index (χ1n) is 11.6. The highest BCUT2D eigenvalue weighted by Gasteiger charge is 2.28. The fourth-order valence-electron chi connectivity index (χ4n) is 4.39. The van der Waals surface area contributed by atoms with Crippen molar-refractivity contribution in [1.82, 2.24) is 0 Å². The lowest BCUT2D eigenvalue weighted by molar-refractivity contribution is 0.0597. The summed E-state index contributed by atoms with van der Waals surface area (Å²) in [5, 5.41) is 23.6. The smallest absolute Gasteiger partial charge is 0.342 e. The summed E-state index contributed by atoms with van der Waals surface area (Å²) in [6.07, 6.45) is 0. The van der Waals surface area contributed by atoms with Gasteiger partial charge in [0.1, 0.15) is 17.1 Å². The molecule has 0 unspecified atom stereocenters. The molecule has 0 spiro atoms. The fourth-order valence-corrected chi connectivity index (χ4v) is 6.86. The summed E-state index contributed by atoms with van der Waals surface area (Å²) in [6.45, 7) is 0. The van der Waals surface area contributed by atoms with Crippen LogP contribution in [0.15, 0.2) is 88.5 Å². The van der Waals surface area contributed by atoms with Gasteiger partial charge in [0.2, 0.25) is 0 Å². The Morgan fingerprint density at radius 2 is 1.62 bits per heavy atom. The van der Waals surface area contributed by atoms with Gasteiger partial charge >= 0.3 is 5.97 Å². The number of benzene rings is 4. The van der Waals surface area contributed by atoms with Crippen molar-refractivity contribution in [2.24, 2.45) is 0 Å². The molecule has 0 aliphatic heterocycles. The Morgan fingerprint density at radius 1 is 0.872 bits per heavy atom. The van der Waals surface area contributed by atoms with Crippen LogP contribution < -0.4 is 9.46 Å². The number of fused-ring (bicyclic) bond motifs is 1. The quantitative estimate of drug-likeness (QED) is 0.201. The molecule has 0 bridgehead atoms. The van der Waals surface area contributed by atoms with E-state index in [1.165, 1.54) is 19.6 Å². The number of esters is 1. The predicted octanol–water partition coefficient (Wildman–Crippen LogP) is 6.24. The molecule has 0 amide bonds. The summed E-state index contributed by atoms with van der Waals surface area (Å²) in [5.41, 5.74) is 3.16. The van der Waals surface area contributed by atoms with Crippen LogP contribution in [0.4, 0.5) is 5.69 Å². The minimum atomic E-state index is -4.12. The van der Waals surface area contributed by atoms with Gasteiger partial charge in [-0.25, -0.2) is 13.2 Å². The van der Waals surface area contributed by atoms with E-state index in [1.807, 2.05) is 24.3 Å². The fraction of sp³-hybridized carbons (Fsp3) is 0.0690. The Morgan fingerprint density at radius 3 is 2.36 bits per heavy atom. The van der Waals surface area contributed by atoms with Crippen molar-refractivity contribution in [2.45, 2.75) is 4.21 Å². The van der Waals surface area contributed by atoms with Crippen LogP contribution in [0.3, 0.4) is 0 Å². The topological polar surface area (TPSA) is 122 Å². The molecule has 39 heavy (non-hydrogen) atoms. The number of nitrogens with one attached hydrogen (secondary N) is 1. The van der Waals surface area contributed by atoms with Crippen LogP contribution in [0.25, 0.3) is 33.0 Å². The normalized spacial score (nSPS) is 11.3. The maximum atomic E-state index is 13.2. The van der Waals surface area contributed by atoms with Crippen molar-refractivity contribution in [2.75, 3.05) is 18.9 Å². The molecule has 0 atom stereocenters. The van der Waals surface area contributed by atoms with Gasteiger partial charge in [-0.15, -0.1) is 11.3 Å². The maximum absolute atomic E-state index is 13.2. The molecular weight excluding hydrogens is 538 g/mol. The molecule has 0 saturated heterocycles. The molecule has 0 aliphatic rings. The van der Waals surface area contributed by atoms with Gasteiger partial charge in [0.25, 0.3) is 10.0 Å². The number of carbonyl (C=O) groups is 1. The van der Waals surface area contributed by atoms with E-state index in [9.17, 15) is 23.4 Å². The van der Waals surface area contributed by atoms with Crippen LogP contribution in [-0.4, -0.2) is 38.8 Å². The summed E-state index contributed by atoms with van der Waals surface area (Å²) in [7, 11) is -1.63. The standard InChI is InChI=1S/C29H23NO7S2/c1-36-27-24(28(33)37-2)16-38-29(27)39(34,35)30-21-7-3-6-20(14-21)26-23-11-9-18(13-19(23)10-12-25(26)32)17-5-4-8-22(31)15-17/h3-16,30-32H,1-2H3. The first kappa shape index (κ1) is 26.1. The van der Waals surface area contributed by atoms with Crippen LogP contribution in [-0.2, 0) is 14.8 Å². The minimum absolute atomic E-state index is 0.0184. The minimum Gasteiger partial charge on any atom is -0.508 e. The second-order valence-electron chi connectivity index (χ2n) is 8.59. The van der Waals surface area contributed by atoms with E-state index in [4.69, 9.17) is 9.47 Å². The first-order chi connectivity index (χ1) is 18.7. The lowest BCUT2D eigenvalue weighted by Crippen LogP contribution is -2.13. The van der Waals surface area contributed by atoms with E-state index in [1.54, 1.807) is 54.6 Å². The highest BCUT2D eigenvalue weighted by molar-refractivity contribution is 7.94. The van der Waals surface area contributed by atoms with Crippen molar-refractivity contribution in [1.29, 1.82) is 0 Å². The van der Waals surface area contributed by atoms with Gasteiger partial charge in [0.05, 0.1) is 14.2 Å². The van der Waals surface area contributed by atoms with E-state index >= 15 is 0 Å². The average Bonchev–Trinajstić information content (AvgIpc) is 3.38. The number of rotatable bonds is 7. The lowest BCUT2D eigenvalue weighted by atomic mass is 9.94. The number of sulfonamides is 1. The Kier molecular flexibility index (Phi) is 6.90. The van der Waals surface area contributed by atoms with Crippen molar-refractivity contribution in [3.8, 4) is 39.5 Å². The lowest BCUT2D eigenvalue weighted by Gasteiger charge is -2.13. The van der Waals surface area contributed by atoms with E-state index in [0.29, 0.717) is 11.1 Å². The second-order valence-corrected chi connectivity index (χ2v) is 11.4. The van der Waals surface area contributed by atoms with E-state index in [-0.39, 0.29) is 32.7 Å². The number of ether oxygens (including phenoxy) is 2. The largest absolute Gasteiger partial charge is 0.508 e. The summed E-state index contributed by atoms with van der Waals surface area (Å²) in [5.74, 6) is -0.592. The Bertz CT molecular complexity index is 1830. The molecule has 5 rings (SSSR count). The first-order valence-corrected chi connectivity index (χ1v) is 14.0. The number of aromatic hydroxyl groups is 2. The molecule has 4 aromatic carbocycles. The molecule has 198 valence electrons. The van der Waals surface area contributed by atoms with E-state index in [0.717, 1.165) is 33.2 Å². The molecule has 1 heterocycles. The van der Waals surface area contributed by atoms with Gasteiger partial charge in [-0.3, -0.25) is 4.72 Å². The Labute approximate surface area is 228 Å². The van der Waals surface area contributed by atoms with Gasteiger partial charge in [-0.1, -0.05) is 42.5 Å². The number of hydrogen-bond acceptors (Lipinski definition) is 8. The number of methoxy groups -OCH3 is 2. The highest BCUT2D eigenvalue weighted by atomic mass is 32.2. The highest BCUT2D eigenvalue weighted by Crippen LogP contribution is 2.40. The number of thiophene rings is 1. The Balaban J connectivity index is 1.53. The number of carbonyl (C=O) groups excluding carboxylic acids is 1. The van der Waals surface area contributed by atoms with Crippen LogP contribution in [0, 0.1) is 0 Å². The maximum Gasteiger partial charge on any atom is 0.342 e. The monoisotopic (exact) mass is 561 g/mol. The van der Waals surface area contributed by atoms with Crippen molar-refractivity contribution < 1.29 is 32.9 Å². The molecule has 0 saturated carbocycles. The number of phenolic OH excluding ortho intramolecular Hbond substituents is 2. The number of hydrogen-bond donors (Lipinski definition) is 3. The summed E-state index contributed by atoms with van der Waals surface area (Å²) < 4.78 is 38.8. The third kappa shape index (κ3) is 4.99. The molecule has 1 aromatic heterocycles. The van der Waals surface area contributed by atoms with Gasteiger partial charge in [-0.2, -0.15) is 0 Å². The number of anilines is 1. The van der Waals surface area contributed by atoms with Crippen LogP contribution in [0.2, 0.25) is 0 Å². The summed E-state index contributed by atoms with van der Waals surface area (Å²) in [6, 6.07) is 22.7. The molecule has 8 nitrogen and oxygen atoms in total. The molecule has 3 N–H and O–H groups in total. The molecule has 0 fully saturated rings. The van der Waals surface area contributed by atoms with Crippen molar-refractivity contribution in [3.63, 3.8) is 0 Å². The summed E-state index contributed by atoms with van der Waals surface area (Å²) >= 11 is 0.844. The predicted molar refractivity (Wildman–Crippen MR) is 151 cm³/mol. The SMILES string of the molecule is COC(=O)c1csc(S(=O)(=O)Nc2cccc(-c3c(O)ccc4cc(-c5cccc(O)c5)ccc34)c2)c1OC. The molecule has 5 aromatic rings. The third-order valence-corrected chi connectivity index (χ3v) is 9.03. The van der Waals surface area contributed by atoms with Crippen LogP contribution in [0.1, 0.15) is 10.4 Å². The molecule has 0 radical (unpaired) electrons. The zero-order valence-electron chi connectivity index (χ0n) is 20.8. The van der Waals surface area contributed by atoms with Crippen LogP contribution >= 0.6 is 11.3 Å². The Hall–Kier alpha value is -4.54. The van der Waals surface area contributed by atoms with Gasteiger partial charge in [0, 0.05) is 16.6 Å². The average molecular weight is 562 g/mol. The van der Waals surface area contributed by atoms with Gasteiger partial charge in [0.15, 0.2) is 9.96 Å². The summed E-state index contributed by atoms with van der Waals surface area (Å²) in [4.78, 5) is 12.0. The van der Waals surface area contributed by atoms with Crippen molar-refractivity contribution in [3.05, 3.63) is 89.8 Å².